The Morgan fingerprint density at radius 2 is 1.92 bits per heavy atom. The van der Waals surface area contributed by atoms with Gasteiger partial charge in [-0.15, -0.1) is 0 Å². The molecule has 1 fully saturated rings. The van der Waals surface area contributed by atoms with Gasteiger partial charge in [-0.05, 0) is 57.2 Å². The van der Waals surface area contributed by atoms with Gasteiger partial charge in [-0.1, -0.05) is 36.8 Å². The van der Waals surface area contributed by atoms with Gasteiger partial charge in [-0.2, -0.15) is 0 Å². The van der Waals surface area contributed by atoms with Crippen LogP contribution >= 0.6 is 0 Å². The molecule has 1 aromatic rings. The summed E-state index contributed by atoms with van der Waals surface area (Å²) in [6.45, 7) is 9.34. The highest BCUT2D eigenvalue weighted by Gasteiger charge is 2.25. The lowest BCUT2D eigenvalue weighted by Crippen LogP contribution is -2.37. The summed E-state index contributed by atoms with van der Waals surface area (Å²) in [7, 11) is 0. The van der Waals surface area contributed by atoms with Crippen LogP contribution < -0.4 is 5.32 Å². The van der Waals surface area contributed by atoms with Crippen molar-refractivity contribution in [3.8, 4) is 0 Å². The van der Waals surface area contributed by atoms with Crippen LogP contribution in [0.5, 0.6) is 0 Å². The largest absolute Gasteiger partial charge is 0.387 e. The highest BCUT2D eigenvalue weighted by molar-refractivity contribution is 5.76. The van der Waals surface area contributed by atoms with Crippen LogP contribution in [-0.4, -0.2) is 42.1 Å². The summed E-state index contributed by atoms with van der Waals surface area (Å²) >= 11 is 0. The quantitative estimate of drug-likeness (QED) is 0.807. The first-order valence-electron chi connectivity index (χ1n) is 9.24. The van der Waals surface area contributed by atoms with Crippen molar-refractivity contribution in [2.24, 2.45) is 11.8 Å². The number of carbonyl (C=O) groups is 1. The first-order valence-corrected chi connectivity index (χ1v) is 9.24. The Morgan fingerprint density at radius 1 is 1.29 bits per heavy atom. The lowest BCUT2D eigenvalue weighted by atomic mass is 9.84. The fraction of sp³-hybridized carbons (Fsp3) is 0.650. The van der Waals surface area contributed by atoms with Crippen molar-refractivity contribution in [2.75, 3.05) is 26.2 Å². The van der Waals surface area contributed by atoms with E-state index in [1.807, 2.05) is 38.1 Å². The minimum atomic E-state index is -0.622. The van der Waals surface area contributed by atoms with Crippen LogP contribution in [0.15, 0.2) is 24.3 Å². The molecule has 0 aromatic heterocycles. The van der Waals surface area contributed by atoms with Gasteiger partial charge in [0.25, 0.3) is 0 Å². The number of aryl methyl sites for hydroxylation is 1. The smallest absolute Gasteiger partial charge is 0.222 e. The summed E-state index contributed by atoms with van der Waals surface area (Å²) in [5, 5.41) is 13.8. The fourth-order valence-electron chi connectivity index (χ4n) is 3.49. The molecular weight excluding hydrogens is 300 g/mol. The number of rotatable bonds is 7. The molecule has 4 heteroatoms. The third-order valence-corrected chi connectivity index (χ3v) is 5.28. The number of carbonyl (C=O) groups excluding carboxylic acids is 1. The number of amides is 1. The molecule has 1 saturated heterocycles. The summed E-state index contributed by atoms with van der Waals surface area (Å²) in [4.78, 5) is 14.4. The summed E-state index contributed by atoms with van der Waals surface area (Å²) in [6.07, 6.45) is 2.28. The van der Waals surface area contributed by atoms with Gasteiger partial charge in [0, 0.05) is 13.0 Å². The molecule has 1 heterocycles. The van der Waals surface area contributed by atoms with Crippen molar-refractivity contribution < 1.29 is 9.90 Å². The molecule has 0 saturated carbocycles. The average molecular weight is 332 g/mol. The maximum absolute atomic E-state index is 12.6. The maximum Gasteiger partial charge on any atom is 0.222 e. The minimum absolute atomic E-state index is 0.162. The third-order valence-electron chi connectivity index (χ3n) is 5.28. The van der Waals surface area contributed by atoms with E-state index < -0.39 is 6.10 Å². The highest BCUT2D eigenvalue weighted by atomic mass is 16.3. The molecule has 2 N–H and O–H groups in total. The first-order chi connectivity index (χ1) is 11.5. The molecule has 2 rings (SSSR count). The standard InChI is InChI=1S/C20H32N2O2/c1-4-22(14-19(23)18-7-5-15(2)6-8-18)20(24)13-16(3)17-9-11-21-12-10-17/h5-8,16-17,19,21,23H,4,9-14H2,1-3H3. The average Bonchev–Trinajstić information content (AvgIpc) is 2.60. The summed E-state index contributed by atoms with van der Waals surface area (Å²) in [5.41, 5.74) is 2.04. The lowest BCUT2D eigenvalue weighted by Gasteiger charge is -2.30. The fourth-order valence-corrected chi connectivity index (χ4v) is 3.49. The van der Waals surface area contributed by atoms with Crippen LogP contribution in [0, 0.1) is 18.8 Å². The van der Waals surface area contributed by atoms with Gasteiger partial charge in [0.15, 0.2) is 0 Å². The number of piperidine rings is 1. The van der Waals surface area contributed by atoms with Gasteiger partial charge < -0.3 is 15.3 Å². The second kappa shape index (κ2) is 9.19. The Hall–Kier alpha value is -1.39. The monoisotopic (exact) mass is 332 g/mol. The van der Waals surface area contributed by atoms with Gasteiger partial charge >= 0.3 is 0 Å². The number of benzene rings is 1. The van der Waals surface area contributed by atoms with Crippen molar-refractivity contribution in [2.45, 2.75) is 46.1 Å². The van der Waals surface area contributed by atoms with Crippen LogP contribution in [0.4, 0.5) is 0 Å². The molecule has 24 heavy (non-hydrogen) atoms. The zero-order chi connectivity index (χ0) is 17.5. The Labute approximate surface area is 146 Å². The Balaban J connectivity index is 1.89. The van der Waals surface area contributed by atoms with E-state index in [0.29, 0.717) is 31.3 Å². The molecule has 2 unspecified atom stereocenters. The van der Waals surface area contributed by atoms with Crippen LogP contribution in [0.1, 0.15) is 50.3 Å². The lowest BCUT2D eigenvalue weighted by molar-refractivity contribution is -0.133. The van der Waals surface area contributed by atoms with Crippen LogP contribution in [0.25, 0.3) is 0 Å². The third kappa shape index (κ3) is 5.32. The van der Waals surface area contributed by atoms with Crippen molar-refractivity contribution in [3.05, 3.63) is 35.4 Å². The zero-order valence-electron chi connectivity index (χ0n) is 15.3. The number of aliphatic hydroxyl groups is 1. The zero-order valence-corrected chi connectivity index (χ0v) is 15.3. The number of nitrogens with zero attached hydrogens (tertiary/aromatic N) is 1. The molecule has 4 nitrogen and oxygen atoms in total. The van der Waals surface area contributed by atoms with Crippen LogP contribution in [-0.2, 0) is 4.79 Å². The van der Waals surface area contributed by atoms with Gasteiger partial charge in [0.2, 0.25) is 5.91 Å². The second-order valence-electron chi connectivity index (χ2n) is 7.13. The number of likely N-dealkylation sites (N-methyl/N-ethyl adjacent to an activating group) is 1. The molecule has 1 amide bonds. The van der Waals surface area contributed by atoms with Gasteiger partial charge in [0.05, 0.1) is 12.6 Å². The van der Waals surface area contributed by atoms with Crippen molar-refractivity contribution in [1.29, 1.82) is 0 Å². The van der Waals surface area contributed by atoms with Crippen molar-refractivity contribution in [3.63, 3.8) is 0 Å². The molecule has 0 aliphatic carbocycles. The van der Waals surface area contributed by atoms with E-state index in [0.717, 1.165) is 31.5 Å². The SMILES string of the molecule is CCN(CC(O)c1ccc(C)cc1)C(=O)CC(C)C1CCNCC1. The van der Waals surface area contributed by atoms with E-state index in [9.17, 15) is 9.90 Å². The van der Waals surface area contributed by atoms with E-state index in [1.165, 1.54) is 5.56 Å². The van der Waals surface area contributed by atoms with E-state index in [-0.39, 0.29) is 5.91 Å². The van der Waals surface area contributed by atoms with Gasteiger partial charge in [-0.25, -0.2) is 0 Å². The maximum atomic E-state index is 12.6. The number of hydrogen-bond donors (Lipinski definition) is 2. The minimum Gasteiger partial charge on any atom is -0.387 e. The Bertz CT molecular complexity index is 509. The molecule has 0 radical (unpaired) electrons. The number of hydrogen-bond acceptors (Lipinski definition) is 3. The van der Waals surface area contributed by atoms with E-state index in [2.05, 4.69) is 12.2 Å². The van der Waals surface area contributed by atoms with E-state index in [1.54, 1.807) is 4.90 Å². The predicted octanol–water partition coefficient (Wildman–Crippen LogP) is 2.90. The topological polar surface area (TPSA) is 52.6 Å². The molecule has 0 spiro atoms. The molecule has 1 aliphatic rings. The summed E-state index contributed by atoms with van der Waals surface area (Å²) in [5.74, 6) is 1.20. The summed E-state index contributed by atoms with van der Waals surface area (Å²) < 4.78 is 0. The van der Waals surface area contributed by atoms with Crippen LogP contribution in [0.3, 0.4) is 0 Å². The molecule has 134 valence electrons. The predicted molar refractivity (Wildman–Crippen MR) is 97.8 cm³/mol. The first kappa shape index (κ1) is 18.9. The normalized spacial score (nSPS) is 18.2. The van der Waals surface area contributed by atoms with Crippen molar-refractivity contribution >= 4 is 5.91 Å². The molecule has 1 aromatic carbocycles. The Kier molecular flexibility index (Phi) is 7.25. The molecule has 1 aliphatic heterocycles. The highest BCUT2D eigenvalue weighted by Crippen LogP contribution is 2.25. The van der Waals surface area contributed by atoms with Crippen molar-refractivity contribution in [1.82, 2.24) is 10.2 Å². The van der Waals surface area contributed by atoms with Gasteiger partial charge in [0.1, 0.15) is 0 Å². The van der Waals surface area contributed by atoms with Gasteiger partial charge in [-0.3, -0.25) is 4.79 Å². The van der Waals surface area contributed by atoms with Crippen LogP contribution in [0.2, 0.25) is 0 Å². The summed E-state index contributed by atoms with van der Waals surface area (Å²) in [6, 6.07) is 7.87. The number of nitrogens with one attached hydrogen (secondary N) is 1. The van der Waals surface area contributed by atoms with E-state index >= 15 is 0 Å². The molecule has 2 atom stereocenters. The second-order valence-corrected chi connectivity index (χ2v) is 7.13. The number of aliphatic hydroxyl groups excluding tert-OH is 1. The molecular formula is C20H32N2O2. The van der Waals surface area contributed by atoms with E-state index in [4.69, 9.17) is 0 Å². The Morgan fingerprint density at radius 3 is 2.50 bits per heavy atom. The molecule has 0 bridgehead atoms.